The van der Waals surface area contributed by atoms with Crippen molar-refractivity contribution in [3.8, 4) is 0 Å². The van der Waals surface area contributed by atoms with Crippen molar-refractivity contribution >= 4 is 0 Å². The molecule has 0 aromatic rings. The van der Waals surface area contributed by atoms with E-state index in [1.165, 1.54) is 45.1 Å². The second-order valence-corrected chi connectivity index (χ2v) is 6.29. The normalized spacial score (nSPS) is 30.9. The third-order valence-corrected chi connectivity index (χ3v) is 4.89. The summed E-state index contributed by atoms with van der Waals surface area (Å²) >= 11 is 0. The molecule has 2 nitrogen and oxygen atoms in total. The zero-order chi connectivity index (χ0) is 12.9. The zero-order valence-corrected chi connectivity index (χ0v) is 12.3. The molecule has 1 aliphatic rings. The maximum absolute atomic E-state index is 6.12. The van der Waals surface area contributed by atoms with Crippen molar-refractivity contribution in [2.75, 3.05) is 20.1 Å². The van der Waals surface area contributed by atoms with Crippen LogP contribution in [0.1, 0.15) is 59.3 Å². The van der Waals surface area contributed by atoms with Gasteiger partial charge >= 0.3 is 0 Å². The molecule has 2 heteroatoms. The highest BCUT2D eigenvalue weighted by atomic mass is 15.2. The van der Waals surface area contributed by atoms with Crippen LogP contribution in [0.5, 0.6) is 0 Å². The van der Waals surface area contributed by atoms with Gasteiger partial charge in [0.05, 0.1) is 0 Å². The van der Waals surface area contributed by atoms with Gasteiger partial charge in [0, 0.05) is 12.1 Å². The Morgan fingerprint density at radius 3 is 2.53 bits per heavy atom. The molecule has 2 unspecified atom stereocenters. The molecule has 1 fully saturated rings. The number of nitrogens with two attached hydrogens (primary N) is 1. The van der Waals surface area contributed by atoms with E-state index in [-0.39, 0.29) is 0 Å². The van der Waals surface area contributed by atoms with Crippen molar-refractivity contribution in [1.29, 1.82) is 0 Å². The largest absolute Gasteiger partial charge is 0.329 e. The molecule has 0 amide bonds. The van der Waals surface area contributed by atoms with Crippen LogP contribution in [0.3, 0.4) is 0 Å². The van der Waals surface area contributed by atoms with E-state index in [0.717, 1.165) is 18.4 Å². The molecule has 1 aliphatic carbocycles. The van der Waals surface area contributed by atoms with Gasteiger partial charge in [-0.3, -0.25) is 4.90 Å². The summed E-state index contributed by atoms with van der Waals surface area (Å²) in [7, 11) is 2.27. The van der Waals surface area contributed by atoms with E-state index in [9.17, 15) is 0 Å². The highest BCUT2D eigenvalue weighted by Gasteiger charge is 2.35. The SMILES string of the molecule is CCCN(C)C1(CN)CCCC(C(C)C)CC1. The fourth-order valence-electron chi connectivity index (χ4n) is 3.40. The van der Waals surface area contributed by atoms with E-state index in [1.54, 1.807) is 0 Å². The molecule has 0 aromatic heterocycles. The summed E-state index contributed by atoms with van der Waals surface area (Å²) in [5.41, 5.74) is 6.41. The number of hydrogen-bond acceptors (Lipinski definition) is 2. The molecule has 2 N–H and O–H groups in total. The Morgan fingerprint density at radius 2 is 2.00 bits per heavy atom. The van der Waals surface area contributed by atoms with Crippen molar-refractivity contribution < 1.29 is 0 Å². The molecule has 0 aromatic carbocycles. The van der Waals surface area contributed by atoms with Crippen LogP contribution in [0.25, 0.3) is 0 Å². The number of likely N-dealkylation sites (N-methyl/N-ethyl adjacent to an activating group) is 1. The van der Waals surface area contributed by atoms with Gasteiger partial charge in [-0.15, -0.1) is 0 Å². The van der Waals surface area contributed by atoms with Crippen LogP contribution in [0.4, 0.5) is 0 Å². The van der Waals surface area contributed by atoms with Crippen LogP contribution in [0, 0.1) is 11.8 Å². The summed E-state index contributed by atoms with van der Waals surface area (Å²) in [6, 6.07) is 0. The predicted octanol–water partition coefficient (Wildman–Crippen LogP) is 3.26. The van der Waals surface area contributed by atoms with Crippen LogP contribution in [0.2, 0.25) is 0 Å². The summed E-state index contributed by atoms with van der Waals surface area (Å²) in [5, 5.41) is 0. The van der Waals surface area contributed by atoms with E-state index < -0.39 is 0 Å². The number of nitrogens with zero attached hydrogens (tertiary/aromatic N) is 1. The molecular weight excluding hydrogens is 208 g/mol. The van der Waals surface area contributed by atoms with Crippen molar-refractivity contribution in [1.82, 2.24) is 4.90 Å². The van der Waals surface area contributed by atoms with Crippen LogP contribution in [0.15, 0.2) is 0 Å². The van der Waals surface area contributed by atoms with E-state index in [1.807, 2.05) is 0 Å². The molecule has 102 valence electrons. The van der Waals surface area contributed by atoms with Crippen LogP contribution in [-0.2, 0) is 0 Å². The summed E-state index contributed by atoms with van der Waals surface area (Å²) < 4.78 is 0. The molecule has 0 radical (unpaired) electrons. The Hall–Kier alpha value is -0.0800. The van der Waals surface area contributed by atoms with Gasteiger partial charge in [0.15, 0.2) is 0 Å². The molecule has 0 aliphatic heterocycles. The first-order valence-corrected chi connectivity index (χ1v) is 7.47. The van der Waals surface area contributed by atoms with Gasteiger partial charge in [0.25, 0.3) is 0 Å². The van der Waals surface area contributed by atoms with Gasteiger partial charge in [0.2, 0.25) is 0 Å². The predicted molar refractivity (Wildman–Crippen MR) is 76.1 cm³/mol. The van der Waals surface area contributed by atoms with Gasteiger partial charge in [0.1, 0.15) is 0 Å². The second kappa shape index (κ2) is 6.75. The van der Waals surface area contributed by atoms with Gasteiger partial charge in [-0.05, 0) is 51.1 Å². The monoisotopic (exact) mass is 240 g/mol. The summed E-state index contributed by atoms with van der Waals surface area (Å²) in [6.07, 6.45) is 7.94. The molecule has 0 spiro atoms. The van der Waals surface area contributed by atoms with E-state index in [2.05, 4.69) is 32.7 Å². The lowest BCUT2D eigenvalue weighted by Crippen LogP contribution is -2.52. The average Bonchev–Trinajstić information content (AvgIpc) is 2.52. The van der Waals surface area contributed by atoms with E-state index in [4.69, 9.17) is 5.73 Å². The van der Waals surface area contributed by atoms with Gasteiger partial charge < -0.3 is 5.73 Å². The van der Waals surface area contributed by atoms with E-state index >= 15 is 0 Å². The molecular formula is C15H32N2. The first-order valence-electron chi connectivity index (χ1n) is 7.47. The molecule has 0 heterocycles. The van der Waals surface area contributed by atoms with Gasteiger partial charge in [-0.2, -0.15) is 0 Å². The first kappa shape index (κ1) is 15.0. The molecule has 2 atom stereocenters. The molecule has 1 rings (SSSR count). The zero-order valence-electron chi connectivity index (χ0n) is 12.3. The maximum atomic E-state index is 6.12. The third kappa shape index (κ3) is 3.69. The fraction of sp³-hybridized carbons (Fsp3) is 1.00. The van der Waals surface area contributed by atoms with Crippen molar-refractivity contribution in [2.45, 2.75) is 64.8 Å². The van der Waals surface area contributed by atoms with Crippen molar-refractivity contribution in [3.05, 3.63) is 0 Å². The maximum Gasteiger partial charge on any atom is 0.0328 e. The first-order chi connectivity index (χ1) is 8.05. The second-order valence-electron chi connectivity index (χ2n) is 6.29. The van der Waals surface area contributed by atoms with Crippen LogP contribution in [-0.4, -0.2) is 30.6 Å². The summed E-state index contributed by atoms with van der Waals surface area (Å²) in [6.45, 7) is 9.01. The highest BCUT2D eigenvalue weighted by molar-refractivity contribution is 4.93. The fourth-order valence-corrected chi connectivity index (χ4v) is 3.40. The Labute approximate surface area is 108 Å². The van der Waals surface area contributed by atoms with Crippen LogP contribution < -0.4 is 5.73 Å². The van der Waals surface area contributed by atoms with Gasteiger partial charge in [-0.25, -0.2) is 0 Å². The molecule has 1 saturated carbocycles. The highest BCUT2D eigenvalue weighted by Crippen LogP contribution is 2.36. The average molecular weight is 240 g/mol. The summed E-state index contributed by atoms with van der Waals surface area (Å²) in [4.78, 5) is 2.54. The Balaban J connectivity index is 2.67. The van der Waals surface area contributed by atoms with Crippen molar-refractivity contribution in [3.63, 3.8) is 0 Å². The summed E-state index contributed by atoms with van der Waals surface area (Å²) in [5.74, 6) is 1.75. The van der Waals surface area contributed by atoms with E-state index in [0.29, 0.717) is 5.54 Å². The topological polar surface area (TPSA) is 29.3 Å². The molecule has 0 bridgehead atoms. The smallest absolute Gasteiger partial charge is 0.0328 e. The lowest BCUT2D eigenvalue weighted by Gasteiger charge is -2.41. The minimum atomic E-state index is 0.291. The van der Waals surface area contributed by atoms with Crippen LogP contribution >= 0.6 is 0 Å². The Kier molecular flexibility index (Phi) is 5.94. The standard InChI is InChI=1S/C15H32N2/c1-5-11-17(4)15(12-16)9-6-7-14(8-10-15)13(2)3/h13-14H,5-12,16H2,1-4H3. The minimum absolute atomic E-state index is 0.291. The number of rotatable bonds is 5. The number of hydrogen-bond donors (Lipinski definition) is 1. The molecule has 17 heavy (non-hydrogen) atoms. The Morgan fingerprint density at radius 1 is 1.29 bits per heavy atom. The molecule has 0 saturated heterocycles. The minimum Gasteiger partial charge on any atom is -0.329 e. The lowest BCUT2D eigenvalue weighted by molar-refractivity contribution is 0.105. The van der Waals surface area contributed by atoms with Gasteiger partial charge in [-0.1, -0.05) is 33.6 Å². The quantitative estimate of drug-likeness (QED) is 0.747. The lowest BCUT2D eigenvalue weighted by atomic mass is 9.85. The van der Waals surface area contributed by atoms with Crippen molar-refractivity contribution in [2.24, 2.45) is 17.6 Å². The Bertz CT molecular complexity index is 215. The third-order valence-electron chi connectivity index (χ3n) is 4.89.